The standard InChI is InChI=1S/C43H66N5O10P/c1-4-5-6-7-8-9-10-11-12-13-14-15-16-17-18-19-24-54-28-36(55-27-34-20-21-35(26-44)38(25-34)53-3)29-56-59(51,52)57-30-39-41(49)42(50)43(31-45,58-39)40-23-22-37(48-40)33(2)47-32-46/h20-23,25,32,36,39,41-42,46,48-50H,4-19,24,27-30H2,1-3H3,(H,51,52)/t36-,39-,41-,42-,43+/m1/s1. The van der Waals surface area contributed by atoms with Crippen molar-refractivity contribution in [2.75, 3.05) is 33.5 Å². The molecule has 0 aliphatic carbocycles. The van der Waals surface area contributed by atoms with Gasteiger partial charge in [0, 0.05) is 6.61 Å². The van der Waals surface area contributed by atoms with Crippen LogP contribution in [0.3, 0.4) is 0 Å². The molecular formula is C43H66N5O10P. The monoisotopic (exact) mass is 843 g/mol. The van der Waals surface area contributed by atoms with Crippen LogP contribution in [-0.4, -0.2) is 90.1 Å². The highest BCUT2D eigenvalue weighted by Gasteiger charge is 2.57. The number of nitrogens with zero attached hydrogens (tertiary/aromatic N) is 3. The molecule has 1 aromatic carbocycles. The first-order chi connectivity index (χ1) is 28.5. The van der Waals surface area contributed by atoms with E-state index in [1.54, 1.807) is 31.2 Å². The van der Waals surface area contributed by atoms with Gasteiger partial charge >= 0.3 is 7.82 Å². The second-order valence-electron chi connectivity index (χ2n) is 15.1. The summed E-state index contributed by atoms with van der Waals surface area (Å²) < 4.78 is 46.5. The number of aromatic nitrogens is 1. The molecule has 1 saturated heterocycles. The zero-order valence-electron chi connectivity index (χ0n) is 35.1. The highest BCUT2D eigenvalue weighted by atomic mass is 31.2. The van der Waals surface area contributed by atoms with Crippen molar-refractivity contribution in [2.24, 2.45) is 4.99 Å². The predicted molar refractivity (Wildman–Crippen MR) is 224 cm³/mol. The molecule has 328 valence electrons. The molecule has 1 aliphatic rings. The second kappa shape index (κ2) is 27.4. The molecular weight excluding hydrogens is 777 g/mol. The number of ether oxygens (including phenoxy) is 4. The van der Waals surface area contributed by atoms with E-state index in [0.717, 1.165) is 25.6 Å². The normalized spacial score (nSPS) is 20.8. The SMILES string of the molecule is CCCCCCCCCCCCCCCCCCOC[C@H](COP(=O)(O)OC[C@H]1O[C@@](C#N)(c2ccc(C(C)=NC=N)[nH]2)[C@H](O)[C@@H]1O)OCc1ccc(C#N)c(OC)c1. The summed E-state index contributed by atoms with van der Waals surface area (Å²) in [5.41, 5.74) is 0.0366. The number of hydrogen-bond acceptors (Lipinski definition) is 12. The van der Waals surface area contributed by atoms with E-state index >= 15 is 0 Å². The van der Waals surface area contributed by atoms with Crippen molar-refractivity contribution in [3.63, 3.8) is 0 Å². The van der Waals surface area contributed by atoms with E-state index in [1.165, 1.54) is 96.6 Å². The van der Waals surface area contributed by atoms with Crippen molar-refractivity contribution in [3.8, 4) is 17.9 Å². The molecule has 6 atom stereocenters. The maximum absolute atomic E-state index is 13.0. The lowest BCUT2D eigenvalue weighted by Gasteiger charge is -2.23. The molecule has 0 radical (unpaired) electrons. The Hall–Kier alpha value is -3.47. The lowest BCUT2D eigenvalue weighted by Crippen LogP contribution is -2.40. The smallest absolute Gasteiger partial charge is 0.472 e. The number of unbranched alkanes of at least 4 members (excludes halogenated alkanes) is 15. The Morgan fingerprint density at radius 3 is 2.17 bits per heavy atom. The van der Waals surface area contributed by atoms with Gasteiger partial charge in [-0.25, -0.2) is 9.56 Å². The maximum Gasteiger partial charge on any atom is 0.472 e. The zero-order chi connectivity index (χ0) is 42.9. The number of nitriles is 2. The molecule has 1 fully saturated rings. The highest BCUT2D eigenvalue weighted by Crippen LogP contribution is 2.46. The summed E-state index contributed by atoms with van der Waals surface area (Å²) in [5, 5.41) is 48.3. The fourth-order valence-electron chi connectivity index (χ4n) is 6.94. The Labute approximate surface area is 350 Å². The van der Waals surface area contributed by atoms with E-state index in [9.17, 15) is 30.2 Å². The Balaban J connectivity index is 1.45. The van der Waals surface area contributed by atoms with Crippen molar-refractivity contribution >= 4 is 19.9 Å². The van der Waals surface area contributed by atoms with Gasteiger partial charge in [0.15, 0.2) is 0 Å². The number of aromatic amines is 1. The van der Waals surface area contributed by atoms with E-state index in [4.69, 9.17) is 33.4 Å². The third-order valence-electron chi connectivity index (χ3n) is 10.5. The van der Waals surface area contributed by atoms with Crippen LogP contribution in [0.15, 0.2) is 35.3 Å². The lowest BCUT2D eigenvalue weighted by molar-refractivity contribution is -0.0682. The fourth-order valence-corrected chi connectivity index (χ4v) is 7.71. The average Bonchev–Trinajstić information content (AvgIpc) is 3.83. The number of phosphoric acid groups is 1. The van der Waals surface area contributed by atoms with Crippen LogP contribution in [0.2, 0.25) is 0 Å². The number of benzene rings is 1. The summed E-state index contributed by atoms with van der Waals surface area (Å²) >= 11 is 0. The largest absolute Gasteiger partial charge is 0.495 e. The van der Waals surface area contributed by atoms with Crippen LogP contribution in [0.25, 0.3) is 0 Å². The van der Waals surface area contributed by atoms with E-state index in [1.807, 2.05) is 6.07 Å². The van der Waals surface area contributed by atoms with Gasteiger partial charge in [-0.1, -0.05) is 109 Å². The number of methoxy groups -OCH3 is 1. The minimum Gasteiger partial charge on any atom is -0.495 e. The average molecular weight is 844 g/mol. The second-order valence-corrected chi connectivity index (χ2v) is 16.5. The number of aliphatic hydroxyl groups is 2. The van der Waals surface area contributed by atoms with Gasteiger partial charge in [0.05, 0.1) is 56.2 Å². The molecule has 0 bridgehead atoms. The topological polar surface area (TPSA) is 233 Å². The minimum absolute atomic E-state index is 0.0651. The summed E-state index contributed by atoms with van der Waals surface area (Å²) in [7, 11) is -3.31. The number of phosphoric ester groups is 1. The van der Waals surface area contributed by atoms with E-state index in [-0.39, 0.29) is 25.5 Å². The zero-order valence-corrected chi connectivity index (χ0v) is 36.0. The summed E-state index contributed by atoms with van der Waals surface area (Å²) in [5.74, 6) is 0.389. The number of nitrogens with one attached hydrogen (secondary N) is 2. The van der Waals surface area contributed by atoms with Gasteiger partial charge in [-0.15, -0.1) is 0 Å². The van der Waals surface area contributed by atoms with E-state index in [2.05, 4.69) is 23.0 Å². The minimum atomic E-state index is -4.77. The van der Waals surface area contributed by atoms with Crippen LogP contribution >= 0.6 is 7.82 Å². The molecule has 16 heteroatoms. The molecule has 3 rings (SSSR count). The number of aliphatic hydroxyl groups excluding tert-OH is 2. The fraction of sp³-hybridized carbons (Fsp3) is 0.674. The Kier molecular flexibility index (Phi) is 23.2. The quantitative estimate of drug-likeness (QED) is 0.0203. The number of H-pyrrole nitrogens is 1. The molecule has 5 N–H and O–H groups in total. The first-order valence-corrected chi connectivity index (χ1v) is 22.6. The van der Waals surface area contributed by atoms with Crippen molar-refractivity contribution in [2.45, 2.75) is 153 Å². The van der Waals surface area contributed by atoms with Crippen LogP contribution < -0.4 is 4.74 Å². The van der Waals surface area contributed by atoms with E-state index in [0.29, 0.717) is 34.9 Å². The van der Waals surface area contributed by atoms with Crippen LogP contribution in [0.1, 0.15) is 139 Å². The molecule has 1 aliphatic heterocycles. The first-order valence-electron chi connectivity index (χ1n) is 21.1. The predicted octanol–water partition coefficient (Wildman–Crippen LogP) is 8.15. The molecule has 59 heavy (non-hydrogen) atoms. The molecule has 2 aromatic rings. The first kappa shape index (κ1) is 49.9. The van der Waals surface area contributed by atoms with Crippen LogP contribution in [0.4, 0.5) is 0 Å². The summed E-state index contributed by atoms with van der Waals surface area (Å²) in [4.78, 5) is 17.4. The Bertz CT molecular complexity index is 1690. The third kappa shape index (κ3) is 16.8. The molecule has 0 saturated carbocycles. The molecule has 0 spiro atoms. The van der Waals surface area contributed by atoms with Gasteiger partial charge in [0.1, 0.15) is 48.6 Å². The van der Waals surface area contributed by atoms with Crippen molar-refractivity contribution in [1.82, 2.24) is 4.98 Å². The number of hydrogen-bond donors (Lipinski definition) is 5. The van der Waals surface area contributed by atoms with Gasteiger partial charge in [-0.05, 0) is 43.2 Å². The maximum atomic E-state index is 13.0. The van der Waals surface area contributed by atoms with Crippen molar-refractivity contribution in [3.05, 3.63) is 52.8 Å². The van der Waals surface area contributed by atoms with Gasteiger partial charge < -0.3 is 39.0 Å². The highest BCUT2D eigenvalue weighted by molar-refractivity contribution is 7.47. The Morgan fingerprint density at radius 2 is 1.59 bits per heavy atom. The van der Waals surface area contributed by atoms with E-state index < -0.39 is 44.4 Å². The molecule has 15 nitrogen and oxygen atoms in total. The molecule has 0 amide bonds. The molecule has 1 unspecified atom stereocenters. The van der Waals surface area contributed by atoms with Crippen molar-refractivity contribution < 1.29 is 47.7 Å². The van der Waals surface area contributed by atoms with Gasteiger partial charge in [0.2, 0.25) is 5.60 Å². The summed E-state index contributed by atoms with van der Waals surface area (Å²) in [6.07, 6.45) is 15.6. The number of rotatable bonds is 32. The van der Waals surface area contributed by atoms with Gasteiger partial charge in [-0.3, -0.25) is 14.5 Å². The molecule has 2 heterocycles. The molecule has 1 aromatic heterocycles. The third-order valence-corrected chi connectivity index (χ3v) is 11.5. The van der Waals surface area contributed by atoms with Gasteiger partial charge in [-0.2, -0.15) is 10.5 Å². The van der Waals surface area contributed by atoms with Crippen LogP contribution in [-0.2, 0) is 40.0 Å². The van der Waals surface area contributed by atoms with Crippen molar-refractivity contribution in [1.29, 1.82) is 15.9 Å². The lowest BCUT2D eigenvalue weighted by atomic mass is 9.93. The summed E-state index contributed by atoms with van der Waals surface area (Å²) in [6, 6.07) is 12.1. The Morgan fingerprint density at radius 1 is 0.966 bits per heavy atom. The summed E-state index contributed by atoms with van der Waals surface area (Å²) in [6.45, 7) is 3.43. The van der Waals surface area contributed by atoms with Crippen LogP contribution in [0, 0.1) is 28.1 Å². The van der Waals surface area contributed by atoms with Gasteiger partial charge in [0.25, 0.3) is 0 Å². The number of aliphatic imine (C=N–C) groups is 1. The van der Waals surface area contributed by atoms with Crippen LogP contribution in [0.5, 0.6) is 5.75 Å².